The van der Waals surface area contributed by atoms with E-state index >= 15 is 0 Å². The van der Waals surface area contributed by atoms with E-state index in [1.165, 1.54) is 44.9 Å². The van der Waals surface area contributed by atoms with Crippen LogP contribution in [0.4, 0.5) is 5.69 Å². The van der Waals surface area contributed by atoms with Crippen LogP contribution in [0.1, 0.15) is 64.2 Å². The van der Waals surface area contributed by atoms with Gasteiger partial charge in [-0.05, 0) is 31.5 Å². The second kappa shape index (κ2) is 12.9. The third-order valence-corrected chi connectivity index (χ3v) is 7.07. The Hall–Kier alpha value is -1.63. The first-order valence-electron chi connectivity index (χ1n) is 11.4. The molecule has 0 aliphatic carbocycles. The number of anilines is 1. The highest BCUT2D eigenvalue weighted by Gasteiger charge is 2.17. The van der Waals surface area contributed by atoms with Crippen LogP contribution in [0.2, 0.25) is 0 Å². The summed E-state index contributed by atoms with van der Waals surface area (Å²) in [6, 6.07) is 11.3. The minimum atomic E-state index is -3.52. The van der Waals surface area contributed by atoms with Crippen LogP contribution in [0.15, 0.2) is 41.3 Å². The summed E-state index contributed by atoms with van der Waals surface area (Å²) in [6.07, 6.45) is 11.9. The standard InChI is InChI=1S/C24H39N3O2S/c1-27(2)23-17-13-16-22-21(23)15-14-18-24(22)30(28,29)26-20-12-10-8-6-4-3-5-7-9-11-19-25/h13-18,26H,3-12,19-20,25H2,1-2H3. The first-order valence-corrected chi connectivity index (χ1v) is 12.8. The number of hydrogen-bond donors (Lipinski definition) is 2. The van der Waals surface area contributed by atoms with Gasteiger partial charge in [0.05, 0.1) is 4.90 Å². The second-order valence-electron chi connectivity index (χ2n) is 8.24. The summed E-state index contributed by atoms with van der Waals surface area (Å²) in [5, 5.41) is 1.72. The van der Waals surface area contributed by atoms with Crippen molar-refractivity contribution in [2.24, 2.45) is 5.73 Å². The van der Waals surface area contributed by atoms with Gasteiger partial charge < -0.3 is 10.6 Å². The molecule has 2 aromatic carbocycles. The Balaban J connectivity index is 1.76. The van der Waals surface area contributed by atoms with Gasteiger partial charge in [-0.1, -0.05) is 75.6 Å². The zero-order valence-corrected chi connectivity index (χ0v) is 19.5. The van der Waals surface area contributed by atoms with E-state index in [4.69, 9.17) is 5.73 Å². The highest BCUT2D eigenvalue weighted by molar-refractivity contribution is 7.89. The molecule has 3 N–H and O–H groups in total. The number of hydrogen-bond acceptors (Lipinski definition) is 4. The van der Waals surface area contributed by atoms with Crippen molar-refractivity contribution in [1.82, 2.24) is 4.72 Å². The number of fused-ring (bicyclic) bond motifs is 1. The lowest BCUT2D eigenvalue weighted by molar-refractivity contribution is 0.546. The van der Waals surface area contributed by atoms with E-state index in [9.17, 15) is 8.42 Å². The first-order chi connectivity index (χ1) is 14.5. The SMILES string of the molecule is CN(C)c1cccc2c(S(=O)(=O)NCCCCCCCCCCCCN)cccc12. The molecule has 168 valence electrons. The molecule has 0 fully saturated rings. The first kappa shape index (κ1) is 24.6. The van der Waals surface area contributed by atoms with E-state index in [1.807, 2.05) is 49.3 Å². The average Bonchev–Trinajstić information content (AvgIpc) is 2.73. The van der Waals surface area contributed by atoms with Crippen molar-refractivity contribution < 1.29 is 8.42 Å². The van der Waals surface area contributed by atoms with Gasteiger partial charge in [0.25, 0.3) is 0 Å². The molecule has 30 heavy (non-hydrogen) atoms. The van der Waals surface area contributed by atoms with Crippen molar-refractivity contribution >= 4 is 26.5 Å². The van der Waals surface area contributed by atoms with E-state index in [2.05, 4.69) is 4.72 Å². The number of nitrogens with one attached hydrogen (secondary N) is 1. The van der Waals surface area contributed by atoms with E-state index in [0.29, 0.717) is 11.4 Å². The quantitative estimate of drug-likeness (QED) is 0.386. The van der Waals surface area contributed by atoms with Gasteiger partial charge >= 0.3 is 0 Å². The molecule has 0 aromatic heterocycles. The Morgan fingerprint density at radius 2 is 1.30 bits per heavy atom. The van der Waals surface area contributed by atoms with Gasteiger partial charge in [0, 0.05) is 37.1 Å². The topological polar surface area (TPSA) is 75.4 Å². The molecular weight excluding hydrogens is 394 g/mol. The predicted molar refractivity (Wildman–Crippen MR) is 129 cm³/mol. The Morgan fingerprint density at radius 1 is 0.767 bits per heavy atom. The normalized spacial score (nSPS) is 11.8. The summed E-state index contributed by atoms with van der Waals surface area (Å²) >= 11 is 0. The van der Waals surface area contributed by atoms with Gasteiger partial charge in [0.2, 0.25) is 10.0 Å². The molecule has 0 amide bonds. The molecule has 0 heterocycles. The Kier molecular flexibility index (Phi) is 10.6. The molecule has 0 atom stereocenters. The zero-order valence-electron chi connectivity index (χ0n) is 18.7. The van der Waals surface area contributed by atoms with Crippen LogP contribution in [0.3, 0.4) is 0 Å². The number of unbranched alkanes of at least 4 members (excludes halogenated alkanes) is 9. The van der Waals surface area contributed by atoms with Crippen molar-refractivity contribution in [3.8, 4) is 0 Å². The second-order valence-corrected chi connectivity index (χ2v) is 9.98. The molecule has 0 spiro atoms. The maximum atomic E-state index is 12.9. The highest BCUT2D eigenvalue weighted by atomic mass is 32.2. The fourth-order valence-corrected chi connectivity index (χ4v) is 5.15. The van der Waals surface area contributed by atoms with Crippen molar-refractivity contribution in [3.63, 3.8) is 0 Å². The molecule has 2 aromatic rings. The average molecular weight is 434 g/mol. The number of sulfonamides is 1. The fraction of sp³-hybridized carbons (Fsp3) is 0.583. The molecule has 0 saturated heterocycles. The zero-order chi connectivity index (χ0) is 21.8. The number of rotatable bonds is 15. The summed E-state index contributed by atoms with van der Waals surface area (Å²) < 4.78 is 28.5. The molecule has 0 aliphatic rings. The van der Waals surface area contributed by atoms with Crippen molar-refractivity contribution in [2.75, 3.05) is 32.1 Å². The molecule has 0 bridgehead atoms. The minimum Gasteiger partial charge on any atom is -0.377 e. The van der Waals surface area contributed by atoms with Crippen LogP contribution in [-0.4, -0.2) is 35.6 Å². The summed E-state index contributed by atoms with van der Waals surface area (Å²) in [6.45, 7) is 1.30. The Labute approximate surface area is 183 Å². The fourth-order valence-electron chi connectivity index (χ4n) is 3.86. The molecule has 6 heteroatoms. The van der Waals surface area contributed by atoms with Crippen LogP contribution in [0.25, 0.3) is 10.8 Å². The molecule has 0 radical (unpaired) electrons. The van der Waals surface area contributed by atoms with Gasteiger partial charge in [-0.25, -0.2) is 13.1 Å². The lowest BCUT2D eigenvalue weighted by atomic mass is 10.1. The third-order valence-electron chi connectivity index (χ3n) is 5.55. The highest BCUT2D eigenvalue weighted by Crippen LogP contribution is 2.30. The number of nitrogens with zero attached hydrogens (tertiary/aromatic N) is 1. The molecular formula is C24H39N3O2S. The van der Waals surface area contributed by atoms with E-state index in [1.54, 1.807) is 6.07 Å². The van der Waals surface area contributed by atoms with E-state index < -0.39 is 10.0 Å². The maximum Gasteiger partial charge on any atom is 0.241 e. The number of benzene rings is 2. The summed E-state index contributed by atoms with van der Waals surface area (Å²) in [5.74, 6) is 0. The van der Waals surface area contributed by atoms with Gasteiger partial charge in [0.15, 0.2) is 0 Å². The summed E-state index contributed by atoms with van der Waals surface area (Å²) in [4.78, 5) is 2.37. The maximum absolute atomic E-state index is 12.9. The lowest BCUT2D eigenvalue weighted by Crippen LogP contribution is -2.25. The Morgan fingerprint density at radius 3 is 1.90 bits per heavy atom. The minimum absolute atomic E-state index is 0.360. The van der Waals surface area contributed by atoms with Crippen molar-refractivity contribution in [2.45, 2.75) is 69.1 Å². The third kappa shape index (κ3) is 7.56. The Bertz CT molecular complexity index is 866. The van der Waals surface area contributed by atoms with Crippen LogP contribution in [0.5, 0.6) is 0 Å². The van der Waals surface area contributed by atoms with Crippen LogP contribution < -0.4 is 15.4 Å². The predicted octanol–water partition coefficient (Wildman–Crippen LogP) is 5.04. The van der Waals surface area contributed by atoms with Crippen LogP contribution in [0, 0.1) is 0 Å². The molecule has 5 nitrogen and oxygen atoms in total. The van der Waals surface area contributed by atoms with Gasteiger partial charge in [-0.3, -0.25) is 0 Å². The van der Waals surface area contributed by atoms with Crippen LogP contribution >= 0.6 is 0 Å². The van der Waals surface area contributed by atoms with Gasteiger partial charge in [-0.15, -0.1) is 0 Å². The summed E-state index contributed by atoms with van der Waals surface area (Å²) in [7, 11) is 0.417. The number of nitrogens with two attached hydrogens (primary N) is 1. The van der Waals surface area contributed by atoms with Crippen molar-refractivity contribution in [3.05, 3.63) is 36.4 Å². The molecule has 0 saturated carbocycles. The molecule has 0 aliphatic heterocycles. The molecule has 0 unspecified atom stereocenters. The summed E-state index contributed by atoms with van der Waals surface area (Å²) in [5.41, 5.74) is 6.52. The monoisotopic (exact) mass is 433 g/mol. The van der Waals surface area contributed by atoms with E-state index in [-0.39, 0.29) is 0 Å². The smallest absolute Gasteiger partial charge is 0.241 e. The van der Waals surface area contributed by atoms with Crippen molar-refractivity contribution in [1.29, 1.82) is 0 Å². The lowest BCUT2D eigenvalue weighted by Gasteiger charge is -2.17. The molecule has 2 rings (SSSR count). The largest absolute Gasteiger partial charge is 0.377 e. The van der Waals surface area contributed by atoms with Gasteiger partial charge in [-0.2, -0.15) is 0 Å². The van der Waals surface area contributed by atoms with Crippen LogP contribution in [-0.2, 0) is 10.0 Å². The van der Waals surface area contributed by atoms with E-state index in [0.717, 1.165) is 42.3 Å². The van der Waals surface area contributed by atoms with Gasteiger partial charge in [0.1, 0.15) is 0 Å².